The van der Waals surface area contributed by atoms with Crippen molar-refractivity contribution in [3.63, 3.8) is 0 Å². The van der Waals surface area contributed by atoms with E-state index in [1.807, 2.05) is 18.0 Å². The lowest BCUT2D eigenvalue weighted by molar-refractivity contribution is 0.324. The average Bonchev–Trinajstić information content (AvgIpc) is 2.81. The van der Waals surface area contributed by atoms with Gasteiger partial charge in [0.1, 0.15) is 17.5 Å². The van der Waals surface area contributed by atoms with Gasteiger partial charge in [-0.05, 0) is 61.5 Å². The Hall–Kier alpha value is -2.73. The van der Waals surface area contributed by atoms with Crippen LogP contribution in [-0.4, -0.2) is 28.7 Å². The van der Waals surface area contributed by atoms with Crippen molar-refractivity contribution in [2.24, 2.45) is 0 Å². The van der Waals surface area contributed by atoms with Crippen molar-refractivity contribution in [1.82, 2.24) is 15.1 Å². The summed E-state index contributed by atoms with van der Waals surface area (Å²) in [5.41, 5.74) is 2.65. The first-order valence-electron chi connectivity index (χ1n) is 8.77. The highest BCUT2D eigenvalue weighted by Gasteiger charge is 2.27. The lowest BCUT2D eigenvalue weighted by Gasteiger charge is -2.19. The molecule has 0 saturated carbocycles. The Balaban J connectivity index is 1.86. The van der Waals surface area contributed by atoms with Crippen LogP contribution in [0.25, 0.3) is 11.3 Å². The fourth-order valence-electron chi connectivity index (χ4n) is 3.74. The molecule has 1 aliphatic heterocycles. The van der Waals surface area contributed by atoms with E-state index in [4.69, 9.17) is 0 Å². The first-order chi connectivity index (χ1) is 13.0. The van der Waals surface area contributed by atoms with Gasteiger partial charge >= 0.3 is 0 Å². The van der Waals surface area contributed by atoms with Crippen molar-refractivity contribution in [2.75, 3.05) is 13.6 Å². The van der Waals surface area contributed by atoms with Gasteiger partial charge in [-0.15, -0.1) is 0 Å². The maximum atomic E-state index is 15.4. The summed E-state index contributed by atoms with van der Waals surface area (Å²) in [6.07, 6.45) is 2.18. The minimum atomic E-state index is -0.624. The van der Waals surface area contributed by atoms with E-state index in [9.17, 15) is 8.78 Å². The molecule has 27 heavy (non-hydrogen) atoms. The molecule has 0 radical (unpaired) electrons. The molecule has 138 valence electrons. The fourth-order valence-corrected chi connectivity index (χ4v) is 3.74. The summed E-state index contributed by atoms with van der Waals surface area (Å²) < 4.78 is 42.9. The van der Waals surface area contributed by atoms with Crippen LogP contribution in [0.5, 0.6) is 0 Å². The molecule has 3 aromatic rings. The largest absolute Gasteiger partial charge is 0.302 e. The summed E-state index contributed by atoms with van der Waals surface area (Å²) in [4.78, 5) is 2.01. The molecule has 3 nitrogen and oxygen atoms in total. The smallest absolute Gasteiger partial charge is 0.137 e. The van der Waals surface area contributed by atoms with E-state index in [-0.39, 0.29) is 11.7 Å². The number of nitrogens with zero attached hydrogens (tertiary/aromatic N) is 3. The summed E-state index contributed by atoms with van der Waals surface area (Å²) in [7, 11) is 1.91. The second-order valence-electron chi connectivity index (χ2n) is 6.89. The molecule has 0 spiro atoms. The molecule has 0 N–H and O–H groups in total. The van der Waals surface area contributed by atoms with Crippen LogP contribution in [0.3, 0.4) is 0 Å². The molecule has 0 bridgehead atoms. The summed E-state index contributed by atoms with van der Waals surface area (Å²) in [5, 5.41) is 7.82. The van der Waals surface area contributed by atoms with Crippen LogP contribution in [0.4, 0.5) is 13.2 Å². The molecule has 1 atom stereocenters. The third-order valence-electron chi connectivity index (χ3n) is 5.02. The number of benzene rings is 2. The van der Waals surface area contributed by atoms with E-state index >= 15 is 4.39 Å². The van der Waals surface area contributed by atoms with Gasteiger partial charge in [0.05, 0.1) is 5.69 Å². The predicted molar refractivity (Wildman–Crippen MR) is 96.6 cm³/mol. The van der Waals surface area contributed by atoms with Gasteiger partial charge in [0.2, 0.25) is 0 Å². The summed E-state index contributed by atoms with van der Waals surface area (Å²) in [6, 6.07) is 10.4. The summed E-state index contributed by atoms with van der Waals surface area (Å²) in [6.45, 7) is 1.11. The van der Waals surface area contributed by atoms with Crippen LogP contribution < -0.4 is 0 Å². The van der Waals surface area contributed by atoms with Gasteiger partial charge in [0.25, 0.3) is 0 Å². The molecule has 1 aliphatic rings. The highest BCUT2D eigenvalue weighted by atomic mass is 19.1. The lowest BCUT2D eigenvalue weighted by Crippen LogP contribution is -2.18. The van der Waals surface area contributed by atoms with Crippen molar-refractivity contribution in [1.29, 1.82) is 0 Å². The topological polar surface area (TPSA) is 29.0 Å². The zero-order valence-corrected chi connectivity index (χ0v) is 14.8. The minimum Gasteiger partial charge on any atom is -0.302 e. The van der Waals surface area contributed by atoms with Crippen molar-refractivity contribution in [3.05, 3.63) is 82.8 Å². The van der Waals surface area contributed by atoms with Gasteiger partial charge in [0.15, 0.2) is 0 Å². The number of aromatic nitrogens is 2. The van der Waals surface area contributed by atoms with Crippen LogP contribution in [0.2, 0.25) is 0 Å². The molecule has 4 rings (SSSR count). The van der Waals surface area contributed by atoms with Crippen LogP contribution in [0, 0.1) is 17.5 Å². The molecule has 1 unspecified atom stereocenters. The SMILES string of the molecule is CN1CCC(c2cc(F)cc(F)c2)c2ccc(-c3cccnn3)c(F)c2C1. The van der Waals surface area contributed by atoms with Gasteiger partial charge in [-0.25, -0.2) is 13.2 Å². The third-order valence-corrected chi connectivity index (χ3v) is 5.02. The normalized spacial score (nSPS) is 17.4. The van der Waals surface area contributed by atoms with Gasteiger partial charge in [-0.1, -0.05) is 6.07 Å². The molecule has 2 aromatic carbocycles. The van der Waals surface area contributed by atoms with E-state index in [1.54, 1.807) is 18.2 Å². The van der Waals surface area contributed by atoms with Crippen LogP contribution in [0.1, 0.15) is 29.0 Å². The standard InChI is InChI=1S/C21H18F3N3/c1-27-8-6-16(13-9-14(22)11-15(23)10-13)17-4-5-18(21(24)19(17)12-27)20-3-2-7-25-26-20/h2-5,7,9-11,16H,6,8,12H2,1H3. The zero-order chi connectivity index (χ0) is 19.0. The molecule has 0 amide bonds. The lowest BCUT2D eigenvalue weighted by atomic mass is 9.85. The van der Waals surface area contributed by atoms with E-state index in [0.29, 0.717) is 41.9 Å². The molecule has 0 aliphatic carbocycles. The molecule has 0 saturated heterocycles. The minimum absolute atomic E-state index is 0.277. The fraction of sp³-hybridized carbons (Fsp3) is 0.238. The van der Waals surface area contributed by atoms with Crippen LogP contribution in [0.15, 0.2) is 48.7 Å². The van der Waals surface area contributed by atoms with Gasteiger partial charge < -0.3 is 4.90 Å². The van der Waals surface area contributed by atoms with Crippen LogP contribution in [-0.2, 0) is 6.54 Å². The number of rotatable bonds is 2. The highest BCUT2D eigenvalue weighted by molar-refractivity contribution is 5.62. The number of halogens is 3. The second kappa shape index (κ2) is 7.12. The van der Waals surface area contributed by atoms with E-state index in [0.717, 1.165) is 11.6 Å². The molecule has 1 aromatic heterocycles. The quantitative estimate of drug-likeness (QED) is 0.665. The van der Waals surface area contributed by atoms with E-state index < -0.39 is 11.6 Å². The molecule has 6 heteroatoms. The zero-order valence-electron chi connectivity index (χ0n) is 14.8. The van der Waals surface area contributed by atoms with Gasteiger partial charge in [-0.2, -0.15) is 10.2 Å². The Morgan fingerprint density at radius 2 is 1.81 bits per heavy atom. The molecule has 0 fully saturated rings. The Bertz CT molecular complexity index is 956. The Labute approximate surface area is 155 Å². The summed E-state index contributed by atoms with van der Waals surface area (Å²) in [5.74, 6) is -1.88. The number of hydrogen-bond donors (Lipinski definition) is 0. The first kappa shape index (κ1) is 17.7. The molecular weight excluding hydrogens is 351 g/mol. The van der Waals surface area contributed by atoms with E-state index in [2.05, 4.69) is 10.2 Å². The van der Waals surface area contributed by atoms with Crippen molar-refractivity contribution >= 4 is 0 Å². The Morgan fingerprint density at radius 3 is 2.52 bits per heavy atom. The van der Waals surface area contributed by atoms with Crippen molar-refractivity contribution < 1.29 is 13.2 Å². The molecule has 2 heterocycles. The molecular formula is C21H18F3N3. The first-order valence-corrected chi connectivity index (χ1v) is 8.77. The Morgan fingerprint density at radius 1 is 1.04 bits per heavy atom. The maximum Gasteiger partial charge on any atom is 0.137 e. The maximum absolute atomic E-state index is 15.4. The average molecular weight is 369 g/mol. The predicted octanol–water partition coefficient (Wildman–Crippen LogP) is 4.53. The van der Waals surface area contributed by atoms with Crippen molar-refractivity contribution in [3.8, 4) is 11.3 Å². The van der Waals surface area contributed by atoms with E-state index in [1.165, 1.54) is 18.3 Å². The Kier molecular flexibility index (Phi) is 4.66. The highest BCUT2D eigenvalue weighted by Crippen LogP contribution is 2.38. The second-order valence-corrected chi connectivity index (χ2v) is 6.89. The number of fused-ring (bicyclic) bond motifs is 1. The monoisotopic (exact) mass is 369 g/mol. The van der Waals surface area contributed by atoms with Crippen molar-refractivity contribution in [2.45, 2.75) is 18.9 Å². The van der Waals surface area contributed by atoms with Gasteiger partial charge in [-0.3, -0.25) is 0 Å². The third kappa shape index (κ3) is 3.45. The number of hydrogen-bond acceptors (Lipinski definition) is 3. The summed E-state index contributed by atoms with van der Waals surface area (Å²) >= 11 is 0. The van der Waals surface area contributed by atoms with Gasteiger partial charge in [0, 0.05) is 35.9 Å². The van der Waals surface area contributed by atoms with Crippen LogP contribution >= 0.6 is 0 Å².